The van der Waals surface area contributed by atoms with Crippen LogP contribution in [0.1, 0.15) is 48.3 Å². The number of benzene rings is 1. The minimum atomic E-state index is -0.161. The van der Waals surface area contributed by atoms with Crippen LogP contribution in [0.3, 0.4) is 0 Å². The van der Waals surface area contributed by atoms with Crippen LogP contribution in [0, 0.1) is 13.8 Å². The van der Waals surface area contributed by atoms with Gasteiger partial charge >= 0.3 is 0 Å². The molecule has 2 rings (SSSR count). The molecule has 0 aliphatic carbocycles. The molecule has 1 atom stereocenters. The number of hydrogen-bond donors (Lipinski definition) is 2. The number of hydrazine groups is 1. The van der Waals surface area contributed by atoms with Gasteiger partial charge in [-0.25, -0.2) is 5.43 Å². The fourth-order valence-corrected chi connectivity index (χ4v) is 2.78. The zero-order chi connectivity index (χ0) is 15.6. The second-order valence-corrected chi connectivity index (χ2v) is 5.54. The summed E-state index contributed by atoms with van der Waals surface area (Å²) in [5.74, 6) is 6.62. The molecule has 0 radical (unpaired) electrons. The zero-order valence-corrected chi connectivity index (χ0v) is 13.3. The minimum absolute atomic E-state index is 0.161. The average Bonchev–Trinajstić information content (AvgIpc) is 2.86. The van der Waals surface area contributed by atoms with Crippen LogP contribution in [0.25, 0.3) is 0 Å². The highest BCUT2D eigenvalue weighted by Crippen LogP contribution is 2.34. The van der Waals surface area contributed by atoms with E-state index in [1.807, 2.05) is 4.68 Å². The molecule has 0 saturated heterocycles. The van der Waals surface area contributed by atoms with Gasteiger partial charge in [-0.05, 0) is 44.4 Å². The Morgan fingerprint density at radius 3 is 2.33 bits per heavy atom. The Labute approximate surface area is 126 Å². The first-order chi connectivity index (χ1) is 10.0. The first-order valence-electron chi connectivity index (χ1n) is 7.14. The first-order valence-corrected chi connectivity index (χ1v) is 7.14. The summed E-state index contributed by atoms with van der Waals surface area (Å²) >= 11 is 0. The Balaban J connectivity index is 2.64. The fraction of sp³-hybridized carbons (Fsp3) is 0.438. The summed E-state index contributed by atoms with van der Waals surface area (Å²) in [7, 11) is 1.66. The molecule has 0 spiro atoms. The predicted molar refractivity (Wildman–Crippen MR) is 84.2 cm³/mol. The molecule has 1 aromatic carbocycles. The summed E-state index contributed by atoms with van der Waals surface area (Å²) in [4.78, 5) is 0. The van der Waals surface area contributed by atoms with Crippen molar-refractivity contribution in [2.24, 2.45) is 5.84 Å². The summed E-state index contributed by atoms with van der Waals surface area (Å²) in [5, 5.41) is 4.44. The molecule has 5 heteroatoms. The van der Waals surface area contributed by atoms with E-state index in [2.05, 4.69) is 56.4 Å². The van der Waals surface area contributed by atoms with Gasteiger partial charge in [-0.15, -0.1) is 0 Å². The summed E-state index contributed by atoms with van der Waals surface area (Å²) in [6, 6.07) is 6.30. The van der Waals surface area contributed by atoms with E-state index in [1.165, 1.54) is 16.7 Å². The van der Waals surface area contributed by atoms with Gasteiger partial charge < -0.3 is 4.74 Å². The molecule has 0 aliphatic heterocycles. The second kappa shape index (κ2) is 6.28. The van der Waals surface area contributed by atoms with Crippen LogP contribution in [0.4, 0.5) is 0 Å². The van der Waals surface area contributed by atoms with Crippen molar-refractivity contribution in [3.8, 4) is 5.75 Å². The third-order valence-electron chi connectivity index (χ3n) is 3.78. The highest BCUT2D eigenvalue weighted by Gasteiger charge is 2.26. The largest absolute Gasteiger partial charge is 0.493 e. The number of aryl methyl sites for hydroxylation is 2. The van der Waals surface area contributed by atoms with Crippen LogP contribution < -0.4 is 16.0 Å². The van der Waals surface area contributed by atoms with Crippen LogP contribution in [0.5, 0.6) is 5.75 Å². The SMILES string of the molecule is COc1cnn(C(C)C)c1C(NN)c1c(C)cccc1C. The van der Waals surface area contributed by atoms with E-state index < -0.39 is 0 Å². The average molecular weight is 288 g/mol. The van der Waals surface area contributed by atoms with Gasteiger partial charge in [0.05, 0.1) is 19.3 Å². The molecule has 0 saturated carbocycles. The molecule has 1 unspecified atom stereocenters. The molecule has 0 aliphatic rings. The van der Waals surface area contributed by atoms with Gasteiger partial charge in [0.25, 0.3) is 0 Å². The van der Waals surface area contributed by atoms with E-state index >= 15 is 0 Å². The monoisotopic (exact) mass is 288 g/mol. The summed E-state index contributed by atoms with van der Waals surface area (Å²) < 4.78 is 7.43. The lowest BCUT2D eigenvalue weighted by Gasteiger charge is -2.24. The summed E-state index contributed by atoms with van der Waals surface area (Å²) in [6.07, 6.45) is 1.74. The Bertz CT molecular complexity index is 598. The van der Waals surface area contributed by atoms with Crippen molar-refractivity contribution in [1.29, 1.82) is 0 Å². The normalized spacial score (nSPS) is 12.7. The molecule has 3 N–H and O–H groups in total. The Kier molecular flexibility index (Phi) is 4.65. The Morgan fingerprint density at radius 2 is 1.86 bits per heavy atom. The molecular weight excluding hydrogens is 264 g/mol. The van der Waals surface area contributed by atoms with Gasteiger partial charge in [-0.1, -0.05) is 18.2 Å². The van der Waals surface area contributed by atoms with Crippen molar-refractivity contribution >= 4 is 0 Å². The van der Waals surface area contributed by atoms with Gasteiger partial charge in [0.15, 0.2) is 5.75 Å². The molecule has 2 aromatic rings. The third-order valence-corrected chi connectivity index (χ3v) is 3.78. The number of rotatable bonds is 5. The first kappa shape index (κ1) is 15.5. The zero-order valence-electron chi connectivity index (χ0n) is 13.3. The number of nitrogens with one attached hydrogen (secondary N) is 1. The molecule has 5 nitrogen and oxygen atoms in total. The van der Waals surface area contributed by atoms with Crippen molar-refractivity contribution in [1.82, 2.24) is 15.2 Å². The van der Waals surface area contributed by atoms with Crippen LogP contribution in [0.15, 0.2) is 24.4 Å². The summed E-state index contributed by atoms with van der Waals surface area (Å²) in [5.41, 5.74) is 7.43. The topological polar surface area (TPSA) is 65.1 Å². The quantitative estimate of drug-likeness (QED) is 0.656. The molecule has 1 heterocycles. The van der Waals surface area contributed by atoms with Gasteiger partial charge in [0.1, 0.15) is 5.69 Å². The second-order valence-electron chi connectivity index (χ2n) is 5.54. The minimum Gasteiger partial charge on any atom is -0.493 e. The van der Waals surface area contributed by atoms with Crippen molar-refractivity contribution in [3.05, 3.63) is 46.8 Å². The molecule has 0 bridgehead atoms. The summed E-state index contributed by atoms with van der Waals surface area (Å²) in [6.45, 7) is 8.37. The van der Waals surface area contributed by atoms with Gasteiger partial charge in [0.2, 0.25) is 0 Å². The highest BCUT2D eigenvalue weighted by atomic mass is 16.5. The van der Waals surface area contributed by atoms with E-state index in [-0.39, 0.29) is 12.1 Å². The number of ether oxygens (including phenoxy) is 1. The van der Waals surface area contributed by atoms with Crippen LogP contribution in [-0.2, 0) is 0 Å². The van der Waals surface area contributed by atoms with Gasteiger partial charge in [-0.2, -0.15) is 5.10 Å². The molecule has 114 valence electrons. The molecule has 0 amide bonds. The lowest BCUT2D eigenvalue weighted by atomic mass is 9.94. The van der Waals surface area contributed by atoms with E-state index in [4.69, 9.17) is 10.6 Å². The number of hydrogen-bond acceptors (Lipinski definition) is 4. The Hall–Kier alpha value is -1.85. The molecule has 1 aromatic heterocycles. The fourth-order valence-electron chi connectivity index (χ4n) is 2.78. The molecule has 0 fully saturated rings. The van der Waals surface area contributed by atoms with Crippen molar-refractivity contribution in [2.75, 3.05) is 7.11 Å². The van der Waals surface area contributed by atoms with Gasteiger partial charge in [-0.3, -0.25) is 10.5 Å². The lowest BCUT2D eigenvalue weighted by Crippen LogP contribution is -2.32. The Morgan fingerprint density at radius 1 is 1.24 bits per heavy atom. The van der Waals surface area contributed by atoms with Crippen molar-refractivity contribution < 1.29 is 4.74 Å². The smallest absolute Gasteiger partial charge is 0.161 e. The number of aromatic nitrogens is 2. The van der Waals surface area contributed by atoms with Crippen molar-refractivity contribution in [2.45, 2.75) is 39.8 Å². The highest BCUT2D eigenvalue weighted by molar-refractivity contribution is 5.44. The van der Waals surface area contributed by atoms with Crippen LogP contribution in [-0.4, -0.2) is 16.9 Å². The third kappa shape index (κ3) is 2.80. The standard InChI is InChI=1S/C16H24N4O/c1-10(2)20-16(13(21-5)9-18-20)15(19-17)14-11(3)7-6-8-12(14)4/h6-10,15,19H,17H2,1-5H3. The lowest BCUT2D eigenvalue weighted by molar-refractivity contribution is 0.393. The van der Waals surface area contributed by atoms with E-state index in [0.29, 0.717) is 0 Å². The number of nitrogens with zero attached hydrogens (tertiary/aromatic N) is 2. The maximum atomic E-state index is 5.88. The molecular formula is C16H24N4O. The van der Waals surface area contributed by atoms with E-state index in [9.17, 15) is 0 Å². The van der Waals surface area contributed by atoms with E-state index in [1.54, 1.807) is 13.3 Å². The predicted octanol–water partition coefficient (Wildman–Crippen LogP) is 2.64. The number of nitrogens with two attached hydrogens (primary N) is 1. The van der Waals surface area contributed by atoms with E-state index in [0.717, 1.165) is 11.4 Å². The number of methoxy groups -OCH3 is 1. The van der Waals surface area contributed by atoms with Crippen LogP contribution in [0.2, 0.25) is 0 Å². The van der Waals surface area contributed by atoms with Gasteiger partial charge in [0, 0.05) is 6.04 Å². The maximum Gasteiger partial charge on any atom is 0.161 e. The maximum absolute atomic E-state index is 5.88. The van der Waals surface area contributed by atoms with Crippen molar-refractivity contribution in [3.63, 3.8) is 0 Å². The molecule has 21 heavy (non-hydrogen) atoms. The van der Waals surface area contributed by atoms with Crippen LogP contribution >= 0.6 is 0 Å².